The third-order valence-electron chi connectivity index (χ3n) is 3.47. The van der Waals surface area contributed by atoms with Crippen LogP contribution in [0.3, 0.4) is 0 Å². The average molecular weight is 288 g/mol. The van der Waals surface area contributed by atoms with E-state index >= 15 is 0 Å². The number of anilines is 1. The van der Waals surface area contributed by atoms with Gasteiger partial charge in [0, 0.05) is 12.6 Å². The van der Waals surface area contributed by atoms with E-state index in [0.29, 0.717) is 6.42 Å². The van der Waals surface area contributed by atoms with Gasteiger partial charge in [-0.05, 0) is 37.0 Å². The molecule has 1 aromatic carbocycles. The van der Waals surface area contributed by atoms with Crippen LogP contribution in [-0.4, -0.2) is 26.2 Å². The van der Waals surface area contributed by atoms with E-state index in [1.807, 2.05) is 0 Å². The molecule has 1 fully saturated rings. The highest BCUT2D eigenvalue weighted by Gasteiger charge is 2.31. The lowest BCUT2D eigenvalue weighted by molar-refractivity contribution is 0.213. The second kappa shape index (κ2) is 5.44. The van der Waals surface area contributed by atoms with Gasteiger partial charge in [-0.15, -0.1) is 0 Å². The van der Waals surface area contributed by atoms with Gasteiger partial charge in [-0.25, -0.2) is 17.5 Å². The minimum Gasteiger partial charge on any atom is -0.398 e. The molecule has 7 heteroatoms. The zero-order chi connectivity index (χ0) is 14.0. The normalized spacial score (nSPS) is 23.7. The van der Waals surface area contributed by atoms with E-state index in [0.717, 1.165) is 25.0 Å². The summed E-state index contributed by atoms with van der Waals surface area (Å²) < 4.78 is 40.0. The summed E-state index contributed by atoms with van der Waals surface area (Å²) in [4.78, 5) is -0.254. The SMILES string of the molecule is Nc1ccc(F)cc1S(=O)(=O)NC1CCCC1CO. The Morgan fingerprint density at radius 1 is 1.42 bits per heavy atom. The van der Waals surface area contributed by atoms with Gasteiger partial charge in [0.15, 0.2) is 0 Å². The predicted molar refractivity (Wildman–Crippen MR) is 69.3 cm³/mol. The fraction of sp³-hybridized carbons (Fsp3) is 0.500. The molecule has 19 heavy (non-hydrogen) atoms. The van der Waals surface area contributed by atoms with Gasteiger partial charge in [0.2, 0.25) is 10.0 Å². The maximum atomic E-state index is 13.1. The van der Waals surface area contributed by atoms with Crippen molar-refractivity contribution >= 4 is 15.7 Å². The number of sulfonamides is 1. The Bertz CT molecular complexity index is 562. The summed E-state index contributed by atoms with van der Waals surface area (Å²) in [6.07, 6.45) is 2.30. The van der Waals surface area contributed by atoms with Crippen molar-refractivity contribution in [2.24, 2.45) is 5.92 Å². The van der Waals surface area contributed by atoms with Crippen molar-refractivity contribution in [2.45, 2.75) is 30.2 Å². The minimum atomic E-state index is -3.87. The van der Waals surface area contributed by atoms with E-state index < -0.39 is 15.8 Å². The second-order valence-corrected chi connectivity index (χ2v) is 6.47. The number of rotatable bonds is 4. The van der Waals surface area contributed by atoms with Crippen LogP contribution in [0.5, 0.6) is 0 Å². The largest absolute Gasteiger partial charge is 0.398 e. The fourth-order valence-corrected chi connectivity index (χ4v) is 3.90. The van der Waals surface area contributed by atoms with Gasteiger partial charge in [-0.2, -0.15) is 0 Å². The highest BCUT2D eigenvalue weighted by molar-refractivity contribution is 7.89. The monoisotopic (exact) mass is 288 g/mol. The summed E-state index contributed by atoms with van der Waals surface area (Å²) in [7, 11) is -3.87. The van der Waals surface area contributed by atoms with E-state index in [-0.39, 0.29) is 29.1 Å². The van der Waals surface area contributed by atoms with Gasteiger partial charge in [0.05, 0.1) is 5.69 Å². The molecule has 0 aliphatic heterocycles. The number of hydrogen-bond acceptors (Lipinski definition) is 4. The molecule has 0 spiro atoms. The van der Waals surface area contributed by atoms with Gasteiger partial charge in [-0.3, -0.25) is 0 Å². The maximum Gasteiger partial charge on any atom is 0.242 e. The number of aliphatic hydroxyl groups is 1. The molecular formula is C12H17FN2O3S. The highest BCUT2D eigenvalue weighted by Crippen LogP contribution is 2.27. The summed E-state index contributed by atoms with van der Waals surface area (Å²) in [6, 6.07) is 2.92. The first kappa shape index (κ1) is 14.2. The lowest BCUT2D eigenvalue weighted by Crippen LogP contribution is -2.38. The van der Waals surface area contributed by atoms with E-state index in [1.165, 1.54) is 6.07 Å². The zero-order valence-electron chi connectivity index (χ0n) is 10.3. The standard InChI is InChI=1S/C12H17FN2O3S/c13-9-4-5-10(14)12(6-9)19(17,18)15-11-3-1-2-8(11)7-16/h4-6,8,11,15-16H,1-3,7,14H2. The van der Waals surface area contributed by atoms with E-state index in [4.69, 9.17) is 5.73 Å². The quantitative estimate of drug-likeness (QED) is 0.716. The Hall–Kier alpha value is -1.18. The molecule has 0 aromatic heterocycles. The molecule has 1 aromatic rings. The van der Waals surface area contributed by atoms with Crippen molar-refractivity contribution < 1.29 is 17.9 Å². The second-order valence-electron chi connectivity index (χ2n) is 4.78. The Balaban J connectivity index is 2.25. The molecule has 0 bridgehead atoms. The Kier molecular flexibility index (Phi) is 4.07. The number of halogens is 1. The first-order valence-electron chi connectivity index (χ1n) is 6.12. The molecule has 2 rings (SSSR count). The van der Waals surface area contributed by atoms with Crippen molar-refractivity contribution in [2.75, 3.05) is 12.3 Å². The summed E-state index contributed by atoms with van der Waals surface area (Å²) in [6.45, 7) is -0.0637. The minimum absolute atomic E-state index is 0.00689. The topological polar surface area (TPSA) is 92.4 Å². The zero-order valence-corrected chi connectivity index (χ0v) is 11.2. The molecule has 1 saturated carbocycles. The van der Waals surface area contributed by atoms with Crippen molar-refractivity contribution in [3.63, 3.8) is 0 Å². The van der Waals surface area contributed by atoms with Crippen LogP contribution in [0.4, 0.5) is 10.1 Å². The molecule has 1 aliphatic rings. The first-order valence-corrected chi connectivity index (χ1v) is 7.60. The fourth-order valence-electron chi connectivity index (χ4n) is 2.41. The smallest absolute Gasteiger partial charge is 0.242 e. The molecule has 1 aliphatic carbocycles. The van der Waals surface area contributed by atoms with Gasteiger partial charge in [0.1, 0.15) is 10.7 Å². The molecule has 106 valence electrons. The summed E-state index contributed by atoms with van der Waals surface area (Å²) >= 11 is 0. The van der Waals surface area contributed by atoms with Gasteiger partial charge in [0.25, 0.3) is 0 Å². The molecule has 0 saturated heterocycles. The molecule has 0 amide bonds. The van der Waals surface area contributed by atoms with E-state index in [1.54, 1.807) is 0 Å². The third kappa shape index (κ3) is 3.05. The summed E-state index contributed by atoms with van der Waals surface area (Å²) in [5, 5.41) is 9.18. The molecular weight excluding hydrogens is 271 g/mol. The first-order chi connectivity index (χ1) is 8.94. The maximum absolute atomic E-state index is 13.1. The number of aliphatic hydroxyl groups excluding tert-OH is 1. The molecule has 2 unspecified atom stereocenters. The molecule has 0 heterocycles. The van der Waals surface area contributed by atoms with Gasteiger partial charge < -0.3 is 10.8 Å². The third-order valence-corrected chi connectivity index (χ3v) is 5.01. The van der Waals surface area contributed by atoms with Gasteiger partial charge >= 0.3 is 0 Å². The summed E-state index contributed by atoms with van der Waals surface area (Å²) in [5.41, 5.74) is 5.59. The van der Waals surface area contributed by atoms with Crippen LogP contribution >= 0.6 is 0 Å². The van der Waals surface area contributed by atoms with Crippen LogP contribution in [0.25, 0.3) is 0 Å². The average Bonchev–Trinajstić information content (AvgIpc) is 2.78. The lowest BCUT2D eigenvalue weighted by atomic mass is 10.1. The molecule has 4 N–H and O–H groups in total. The molecule has 5 nitrogen and oxygen atoms in total. The van der Waals surface area contributed by atoms with Crippen LogP contribution in [-0.2, 0) is 10.0 Å². The molecule has 2 atom stereocenters. The van der Waals surface area contributed by atoms with E-state index in [2.05, 4.69) is 4.72 Å². The van der Waals surface area contributed by atoms with Crippen molar-refractivity contribution in [3.05, 3.63) is 24.0 Å². The van der Waals surface area contributed by atoms with E-state index in [9.17, 15) is 17.9 Å². The van der Waals surface area contributed by atoms with Crippen molar-refractivity contribution in [1.29, 1.82) is 0 Å². The van der Waals surface area contributed by atoms with Crippen LogP contribution in [0.2, 0.25) is 0 Å². The summed E-state index contributed by atoms with van der Waals surface area (Å²) in [5.74, 6) is -0.746. The number of nitrogens with two attached hydrogens (primary N) is 1. The molecule has 0 radical (unpaired) electrons. The highest BCUT2D eigenvalue weighted by atomic mass is 32.2. The number of nitrogen functional groups attached to an aromatic ring is 1. The van der Waals surface area contributed by atoms with Gasteiger partial charge in [-0.1, -0.05) is 6.42 Å². The van der Waals surface area contributed by atoms with Crippen molar-refractivity contribution in [3.8, 4) is 0 Å². The Morgan fingerprint density at radius 2 is 2.16 bits per heavy atom. The number of nitrogens with one attached hydrogen (secondary N) is 1. The van der Waals surface area contributed by atoms with Crippen molar-refractivity contribution in [1.82, 2.24) is 4.72 Å². The van der Waals surface area contributed by atoms with Crippen LogP contribution in [0, 0.1) is 11.7 Å². The van der Waals surface area contributed by atoms with Crippen LogP contribution < -0.4 is 10.5 Å². The number of benzene rings is 1. The Labute approximate surface area is 111 Å². The Morgan fingerprint density at radius 3 is 2.84 bits per heavy atom. The number of hydrogen-bond donors (Lipinski definition) is 3. The van der Waals surface area contributed by atoms with Crippen LogP contribution in [0.15, 0.2) is 23.1 Å². The lowest BCUT2D eigenvalue weighted by Gasteiger charge is -2.19. The van der Waals surface area contributed by atoms with Crippen LogP contribution in [0.1, 0.15) is 19.3 Å². The predicted octanol–water partition coefficient (Wildman–Crippen LogP) is 0.847.